The van der Waals surface area contributed by atoms with Crippen LogP contribution in [-0.2, 0) is 7.05 Å². The molecule has 0 bridgehead atoms. The largest absolute Gasteiger partial charge is 0.388 e. The maximum absolute atomic E-state index is 13.9. The van der Waals surface area contributed by atoms with Gasteiger partial charge in [-0.2, -0.15) is 0 Å². The second kappa shape index (κ2) is 9.97. The fraction of sp³-hybridized carbons (Fsp3) is 0.0741. The summed E-state index contributed by atoms with van der Waals surface area (Å²) in [6.07, 6.45) is 0. The summed E-state index contributed by atoms with van der Waals surface area (Å²) in [7, 11) is 3.38. The van der Waals surface area contributed by atoms with Crippen molar-refractivity contribution < 1.29 is 0 Å². The Bertz CT molecular complexity index is 1710. The highest BCUT2D eigenvalue weighted by atomic mass is 35.5. The van der Waals surface area contributed by atoms with Crippen molar-refractivity contribution in [3.63, 3.8) is 0 Å². The Balaban J connectivity index is 0.00000304. The first kappa shape index (κ1) is 24.6. The molecule has 5 rings (SSSR count). The maximum atomic E-state index is 13.9. The van der Waals surface area contributed by atoms with Gasteiger partial charge in [0.1, 0.15) is 11.0 Å². The van der Waals surface area contributed by atoms with Crippen LogP contribution in [0.15, 0.2) is 105 Å². The zero-order valence-corrected chi connectivity index (χ0v) is 20.5. The van der Waals surface area contributed by atoms with Crippen LogP contribution in [0.2, 0.25) is 0 Å². The Hall–Kier alpha value is -4.56. The van der Waals surface area contributed by atoms with Crippen LogP contribution < -0.4 is 27.4 Å². The van der Waals surface area contributed by atoms with E-state index in [4.69, 9.17) is 0 Å². The molecule has 0 aliphatic rings. The predicted octanol–water partition coefficient (Wildman–Crippen LogP) is 4.05. The lowest BCUT2D eigenvalue weighted by atomic mass is 10.2. The number of fused-ring (bicyclic) bond motifs is 1. The first-order chi connectivity index (χ1) is 17.0. The van der Waals surface area contributed by atoms with E-state index in [2.05, 4.69) is 10.6 Å². The maximum Gasteiger partial charge on any atom is 0.341 e. The zero-order chi connectivity index (χ0) is 24.5. The van der Waals surface area contributed by atoms with Crippen LogP contribution in [0.4, 0.5) is 17.1 Å². The van der Waals surface area contributed by atoms with Gasteiger partial charge in [-0.1, -0.05) is 36.4 Å². The Morgan fingerprint density at radius 1 is 0.694 bits per heavy atom. The van der Waals surface area contributed by atoms with Crippen molar-refractivity contribution in [2.75, 3.05) is 17.7 Å². The SMILES string of the molecule is CNc1ccc(Nc2cc(=O)n(C)c3c2c(=O)n(-c2ccccc2)c(=O)n3-c2ccccc2)cc1.Cl. The number of benzene rings is 3. The average Bonchev–Trinajstić information content (AvgIpc) is 2.88. The molecule has 5 aromatic rings. The molecule has 182 valence electrons. The number of aryl methyl sites for hydroxylation is 1. The minimum Gasteiger partial charge on any atom is -0.388 e. The monoisotopic (exact) mass is 501 g/mol. The van der Waals surface area contributed by atoms with E-state index in [1.807, 2.05) is 43.4 Å². The smallest absolute Gasteiger partial charge is 0.341 e. The number of hydrogen-bond acceptors (Lipinski definition) is 5. The summed E-state index contributed by atoms with van der Waals surface area (Å²) >= 11 is 0. The molecule has 0 radical (unpaired) electrons. The van der Waals surface area contributed by atoms with Crippen molar-refractivity contribution in [1.82, 2.24) is 13.7 Å². The molecule has 0 atom stereocenters. The highest BCUT2D eigenvalue weighted by Crippen LogP contribution is 2.24. The summed E-state index contributed by atoms with van der Waals surface area (Å²) in [6, 6.07) is 26.6. The van der Waals surface area contributed by atoms with Crippen LogP contribution in [-0.4, -0.2) is 20.7 Å². The summed E-state index contributed by atoms with van der Waals surface area (Å²) in [6.45, 7) is 0. The van der Waals surface area contributed by atoms with E-state index in [9.17, 15) is 14.4 Å². The number of aromatic nitrogens is 3. The van der Waals surface area contributed by atoms with Gasteiger partial charge >= 0.3 is 5.69 Å². The molecular weight excluding hydrogens is 478 g/mol. The molecule has 0 saturated heterocycles. The van der Waals surface area contributed by atoms with E-state index in [1.165, 1.54) is 15.2 Å². The van der Waals surface area contributed by atoms with E-state index in [1.54, 1.807) is 55.6 Å². The van der Waals surface area contributed by atoms with E-state index in [0.717, 1.165) is 10.3 Å². The first-order valence-corrected chi connectivity index (χ1v) is 11.1. The fourth-order valence-electron chi connectivity index (χ4n) is 4.14. The lowest BCUT2D eigenvalue weighted by molar-refractivity contribution is 0.784. The summed E-state index contributed by atoms with van der Waals surface area (Å²) in [5.74, 6) is 0. The number of nitrogens with one attached hydrogen (secondary N) is 2. The Labute approximate surface area is 212 Å². The Kier molecular flexibility index (Phi) is 6.80. The number of anilines is 3. The molecule has 0 fully saturated rings. The summed E-state index contributed by atoms with van der Waals surface area (Å²) < 4.78 is 3.87. The molecule has 8 nitrogen and oxygen atoms in total. The van der Waals surface area contributed by atoms with Gasteiger partial charge in [0.05, 0.1) is 17.1 Å². The van der Waals surface area contributed by atoms with Crippen LogP contribution in [0.3, 0.4) is 0 Å². The van der Waals surface area contributed by atoms with Gasteiger partial charge in [0.2, 0.25) is 0 Å². The van der Waals surface area contributed by atoms with Gasteiger partial charge in [-0.15, -0.1) is 12.4 Å². The molecule has 0 saturated carbocycles. The summed E-state index contributed by atoms with van der Waals surface area (Å²) in [5, 5.41) is 6.49. The third-order valence-corrected chi connectivity index (χ3v) is 5.90. The Morgan fingerprint density at radius 3 is 1.78 bits per heavy atom. The molecule has 0 aliphatic carbocycles. The third-order valence-electron chi connectivity index (χ3n) is 5.90. The first-order valence-electron chi connectivity index (χ1n) is 11.1. The third kappa shape index (κ3) is 4.18. The summed E-state index contributed by atoms with van der Waals surface area (Å²) in [5.41, 5.74) is 1.69. The standard InChI is InChI=1S/C27H23N5O3.ClH/c1-28-18-13-15-19(16-14-18)29-22-17-23(33)30(2)25-24(22)26(34)32(21-11-7-4-8-12-21)27(35)31(25)20-9-5-3-6-10-20;/h3-17,28-29H,1-2H3;1H. The lowest BCUT2D eigenvalue weighted by Crippen LogP contribution is -2.40. The Morgan fingerprint density at radius 2 is 1.22 bits per heavy atom. The minimum absolute atomic E-state index is 0. The van der Waals surface area contributed by atoms with Crippen LogP contribution in [0.1, 0.15) is 0 Å². The van der Waals surface area contributed by atoms with Crippen LogP contribution >= 0.6 is 12.4 Å². The van der Waals surface area contributed by atoms with Crippen molar-refractivity contribution in [2.45, 2.75) is 0 Å². The van der Waals surface area contributed by atoms with Gasteiger partial charge in [-0.25, -0.2) is 13.9 Å². The van der Waals surface area contributed by atoms with Gasteiger partial charge in [-0.05, 0) is 48.5 Å². The van der Waals surface area contributed by atoms with Crippen LogP contribution in [0.5, 0.6) is 0 Å². The van der Waals surface area contributed by atoms with Crippen molar-refractivity contribution in [1.29, 1.82) is 0 Å². The van der Waals surface area contributed by atoms with Gasteiger partial charge in [-0.3, -0.25) is 14.2 Å². The average molecular weight is 502 g/mol. The van der Waals surface area contributed by atoms with Gasteiger partial charge in [0.25, 0.3) is 11.1 Å². The highest BCUT2D eigenvalue weighted by molar-refractivity contribution is 5.91. The molecule has 3 aromatic carbocycles. The van der Waals surface area contributed by atoms with Crippen LogP contribution in [0, 0.1) is 0 Å². The number of hydrogen-bond donors (Lipinski definition) is 2. The number of para-hydroxylation sites is 2. The molecule has 2 aromatic heterocycles. The molecule has 0 aliphatic heterocycles. The quantitative estimate of drug-likeness (QED) is 0.379. The molecule has 0 spiro atoms. The second-order valence-corrected chi connectivity index (χ2v) is 8.04. The van der Waals surface area contributed by atoms with E-state index in [0.29, 0.717) is 22.7 Å². The molecule has 0 unspecified atom stereocenters. The van der Waals surface area contributed by atoms with E-state index >= 15 is 0 Å². The predicted molar refractivity (Wildman–Crippen MR) is 147 cm³/mol. The zero-order valence-electron chi connectivity index (χ0n) is 19.6. The molecule has 0 amide bonds. The molecule has 2 N–H and O–H groups in total. The number of pyridine rings is 1. The van der Waals surface area contributed by atoms with E-state index in [-0.39, 0.29) is 29.0 Å². The molecule has 9 heteroatoms. The topological polar surface area (TPSA) is 90.1 Å². The van der Waals surface area contributed by atoms with Crippen molar-refractivity contribution in [3.05, 3.63) is 122 Å². The number of halogens is 1. The minimum atomic E-state index is -0.564. The van der Waals surface area contributed by atoms with Gasteiger partial charge in [0.15, 0.2) is 0 Å². The van der Waals surface area contributed by atoms with Crippen molar-refractivity contribution in [3.8, 4) is 11.4 Å². The molecular formula is C27H24ClN5O3. The van der Waals surface area contributed by atoms with Gasteiger partial charge < -0.3 is 10.6 Å². The normalized spacial score (nSPS) is 10.6. The van der Waals surface area contributed by atoms with Gasteiger partial charge in [0, 0.05) is 31.5 Å². The lowest BCUT2D eigenvalue weighted by Gasteiger charge is -2.19. The van der Waals surface area contributed by atoms with Crippen LogP contribution in [0.25, 0.3) is 22.4 Å². The summed E-state index contributed by atoms with van der Waals surface area (Å²) in [4.78, 5) is 40.7. The number of rotatable bonds is 5. The van der Waals surface area contributed by atoms with E-state index < -0.39 is 11.2 Å². The molecule has 36 heavy (non-hydrogen) atoms. The van der Waals surface area contributed by atoms with Crippen molar-refractivity contribution in [2.24, 2.45) is 7.05 Å². The van der Waals surface area contributed by atoms with Crippen molar-refractivity contribution >= 4 is 40.5 Å². The second-order valence-electron chi connectivity index (χ2n) is 8.04. The number of nitrogens with zero attached hydrogens (tertiary/aromatic N) is 3. The highest BCUT2D eigenvalue weighted by Gasteiger charge is 2.21. The fourth-order valence-corrected chi connectivity index (χ4v) is 4.14. The molecule has 2 heterocycles.